The summed E-state index contributed by atoms with van der Waals surface area (Å²) in [6.07, 6.45) is 0. The third kappa shape index (κ3) is 4.71. The normalized spacial score (nSPS) is 10.4. The lowest BCUT2D eigenvalue weighted by molar-refractivity contribution is 0.102. The molecular weight excluding hydrogens is 350 g/mol. The summed E-state index contributed by atoms with van der Waals surface area (Å²) in [5, 5.41) is 15.0. The Balaban J connectivity index is 1.78. The van der Waals surface area contributed by atoms with E-state index in [4.69, 9.17) is 5.26 Å². The molecule has 1 amide bonds. The number of nitrogens with one attached hydrogen (secondary N) is 2. The number of rotatable bonds is 5. The molecule has 2 N–H and O–H groups in total. The summed E-state index contributed by atoms with van der Waals surface area (Å²) in [6, 6.07) is 18.5. The van der Waals surface area contributed by atoms with Crippen molar-refractivity contribution in [3.05, 3.63) is 77.2 Å². The van der Waals surface area contributed by atoms with E-state index in [0.717, 1.165) is 0 Å². The van der Waals surface area contributed by atoms with Gasteiger partial charge < -0.3 is 10.6 Å². The van der Waals surface area contributed by atoms with Gasteiger partial charge in [0.15, 0.2) is 0 Å². The molecule has 0 radical (unpaired) electrons. The van der Waals surface area contributed by atoms with E-state index in [1.807, 2.05) is 30.3 Å². The number of carbonyl (C=O) groups is 1. The van der Waals surface area contributed by atoms with E-state index in [0.29, 0.717) is 34.5 Å². The third-order valence-electron chi connectivity index (χ3n) is 4.17. The number of amides is 1. The smallest absolute Gasteiger partial charge is 0.274 e. The summed E-state index contributed by atoms with van der Waals surface area (Å²) in [7, 11) is 0. The van der Waals surface area contributed by atoms with E-state index in [-0.39, 0.29) is 11.6 Å². The van der Waals surface area contributed by atoms with E-state index in [9.17, 15) is 4.79 Å². The van der Waals surface area contributed by atoms with E-state index in [1.165, 1.54) is 5.56 Å². The molecule has 0 aliphatic heterocycles. The summed E-state index contributed by atoms with van der Waals surface area (Å²) < 4.78 is 0. The van der Waals surface area contributed by atoms with Crippen molar-refractivity contribution in [2.45, 2.75) is 26.7 Å². The lowest BCUT2D eigenvalue weighted by Crippen LogP contribution is -2.15. The molecule has 28 heavy (non-hydrogen) atoms. The van der Waals surface area contributed by atoms with E-state index in [2.05, 4.69) is 40.5 Å². The molecule has 0 unspecified atom stereocenters. The molecule has 140 valence electrons. The van der Waals surface area contributed by atoms with Crippen molar-refractivity contribution in [1.29, 1.82) is 5.26 Å². The highest BCUT2D eigenvalue weighted by Crippen LogP contribution is 2.19. The minimum Gasteiger partial charge on any atom is -0.340 e. The Hall–Kier alpha value is -3.72. The predicted molar refractivity (Wildman–Crippen MR) is 110 cm³/mol. The zero-order valence-electron chi connectivity index (χ0n) is 16.0. The Morgan fingerprint density at radius 1 is 1.04 bits per heavy atom. The number of hydrogen-bond acceptors (Lipinski definition) is 5. The maximum Gasteiger partial charge on any atom is 0.274 e. The van der Waals surface area contributed by atoms with Gasteiger partial charge in [0.25, 0.3) is 5.91 Å². The molecule has 0 fully saturated rings. The number of nitriles is 1. The van der Waals surface area contributed by atoms with Gasteiger partial charge in [0.1, 0.15) is 17.3 Å². The van der Waals surface area contributed by atoms with Gasteiger partial charge in [0.2, 0.25) is 0 Å². The highest BCUT2D eigenvalue weighted by molar-refractivity contribution is 6.03. The lowest BCUT2D eigenvalue weighted by atomic mass is 10.0. The molecule has 0 saturated heterocycles. The Bertz CT molecular complexity index is 1040. The van der Waals surface area contributed by atoms with Crippen LogP contribution in [0.15, 0.2) is 54.6 Å². The molecule has 1 aromatic heterocycles. The first kappa shape index (κ1) is 19.1. The van der Waals surface area contributed by atoms with Gasteiger partial charge in [0, 0.05) is 17.4 Å². The van der Waals surface area contributed by atoms with Crippen LogP contribution in [0, 0.1) is 18.3 Å². The van der Waals surface area contributed by atoms with Crippen LogP contribution in [0.5, 0.6) is 0 Å². The second-order valence-corrected chi connectivity index (χ2v) is 6.73. The van der Waals surface area contributed by atoms with Crippen LogP contribution in [-0.2, 0) is 0 Å². The molecule has 0 spiro atoms. The maximum atomic E-state index is 12.6. The number of benzene rings is 2. The number of anilines is 3. The van der Waals surface area contributed by atoms with Gasteiger partial charge in [-0.05, 0) is 48.7 Å². The third-order valence-corrected chi connectivity index (χ3v) is 4.17. The van der Waals surface area contributed by atoms with Crippen molar-refractivity contribution < 1.29 is 4.79 Å². The average molecular weight is 371 g/mol. The fourth-order valence-electron chi connectivity index (χ4n) is 2.71. The lowest BCUT2D eigenvalue weighted by Gasteiger charge is -2.10. The molecule has 6 heteroatoms. The molecule has 0 atom stereocenters. The molecule has 0 bridgehead atoms. The molecule has 2 aromatic carbocycles. The van der Waals surface area contributed by atoms with Crippen LogP contribution in [0.2, 0.25) is 0 Å². The summed E-state index contributed by atoms with van der Waals surface area (Å²) in [4.78, 5) is 21.2. The van der Waals surface area contributed by atoms with Crippen molar-refractivity contribution in [2.75, 3.05) is 10.6 Å². The van der Waals surface area contributed by atoms with Crippen LogP contribution in [0.4, 0.5) is 17.2 Å². The van der Waals surface area contributed by atoms with Crippen LogP contribution in [0.3, 0.4) is 0 Å². The van der Waals surface area contributed by atoms with Crippen molar-refractivity contribution in [3.8, 4) is 6.07 Å². The predicted octanol–water partition coefficient (Wildman–Crippen LogP) is 4.78. The molecule has 0 aliphatic rings. The first-order chi connectivity index (χ1) is 13.4. The van der Waals surface area contributed by atoms with Gasteiger partial charge in [-0.3, -0.25) is 4.79 Å². The standard InChI is InChI=1S/C22H21N5O/c1-14(2)17-7-9-18(10-8-17)27-22(28)20-12-21(25-15(3)24-20)26-19-6-4-5-16(11-19)13-23/h4-12,14H,1-3H3,(H,27,28)(H,24,25,26). The van der Waals surface area contributed by atoms with Crippen LogP contribution in [-0.4, -0.2) is 15.9 Å². The van der Waals surface area contributed by atoms with Crippen LogP contribution in [0.1, 0.15) is 47.2 Å². The van der Waals surface area contributed by atoms with E-state index < -0.39 is 0 Å². The Morgan fingerprint density at radius 3 is 2.46 bits per heavy atom. The zero-order chi connectivity index (χ0) is 20.1. The van der Waals surface area contributed by atoms with Crippen LogP contribution in [0.25, 0.3) is 0 Å². The van der Waals surface area contributed by atoms with E-state index in [1.54, 1.807) is 31.2 Å². The number of nitrogens with zero attached hydrogens (tertiary/aromatic N) is 3. The topological polar surface area (TPSA) is 90.7 Å². The first-order valence-electron chi connectivity index (χ1n) is 8.99. The average Bonchev–Trinajstić information content (AvgIpc) is 2.68. The Kier molecular flexibility index (Phi) is 5.66. The maximum absolute atomic E-state index is 12.6. The number of carbonyl (C=O) groups excluding carboxylic acids is 1. The Labute approximate surface area is 164 Å². The van der Waals surface area contributed by atoms with Crippen molar-refractivity contribution in [1.82, 2.24) is 9.97 Å². The quantitative estimate of drug-likeness (QED) is 0.674. The molecule has 3 rings (SSSR count). The van der Waals surface area contributed by atoms with Crippen molar-refractivity contribution >= 4 is 23.1 Å². The van der Waals surface area contributed by atoms with Crippen molar-refractivity contribution in [2.24, 2.45) is 0 Å². The summed E-state index contributed by atoms with van der Waals surface area (Å²) >= 11 is 0. The Morgan fingerprint density at radius 2 is 1.79 bits per heavy atom. The molecule has 6 nitrogen and oxygen atoms in total. The van der Waals surface area contributed by atoms with Gasteiger partial charge >= 0.3 is 0 Å². The summed E-state index contributed by atoms with van der Waals surface area (Å²) in [6.45, 7) is 5.97. The minimum atomic E-state index is -0.309. The van der Waals surface area contributed by atoms with E-state index >= 15 is 0 Å². The highest BCUT2D eigenvalue weighted by atomic mass is 16.1. The van der Waals surface area contributed by atoms with Crippen LogP contribution >= 0.6 is 0 Å². The molecule has 1 heterocycles. The van der Waals surface area contributed by atoms with Gasteiger partial charge in [-0.2, -0.15) is 5.26 Å². The molecular formula is C22H21N5O. The molecule has 0 aliphatic carbocycles. The summed E-state index contributed by atoms with van der Waals surface area (Å²) in [5.41, 5.74) is 3.44. The monoisotopic (exact) mass is 371 g/mol. The summed E-state index contributed by atoms with van der Waals surface area (Å²) in [5.74, 6) is 1.09. The van der Waals surface area contributed by atoms with Gasteiger partial charge in [-0.15, -0.1) is 0 Å². The second-order valence-electron chi connectivity index (χ2n) is 6.73. The van der Waals surface area contributed by atoms with Crippen molar-refractivity contribution in [3.63, 3.8) is 0 Å². The largest absolute Gasteiger partial charge is 0.340 e. The highest BCUT2D eigenvalue weighted by Gasteiger charge is 2.12. The number of aromatic nitrogens is 2. The zero-order valence-corrected chi connectivity index (χ0v) is 16.0. The fraction of sp³-hybridized carbons (Fsp3) is 0.182. The fourth-order valence-corrected chi connectivity index (χ4v) is 2.71. The second kappa shape index (κ2) is 8.31. The molecule has 3 aromatic rings. The number of aryl methyl sites for hydroxylation is 1. The minimum absolute atomic E-state index is 0.263. The molecule has 0 saturated carbocycles. The van der Waals surface area contributed by atoms with Gasteiger partial charge in [-0.1, -0.05) is 32.0 Å². The van der Waals surface area contributed by atoms with Gasteiger partial charge in [0.05, 0.1) is 11.6 Å². The van der Waals surface area contributed by atoms with Crippen LogP contribution < -0.4 is 10.6 Å². The SMILES string of the molecule is Cc1nc(Nc2cccc(C#N)c2)cc(C(=O)Nc2ccc(C(C)C)cc2)n1. The first-order valence-corrected chi connectivity index (χ1v) is 8.99. The van der Waals surface area contributed by atoms with Gasteiger partial charge in [-0.25, -0.2) is 9.97 Å². The number of hydrogen-bond donors (Lipinski definition) is 2.